The van der Waals surface area contributed by atoms with Gasteiger partial charge in [0.2, 0.25) is 0 Å². The van der Waals surface area contributed by atoms with Gasteiger partial charge in [-0.2, -0.15) is 0 Å². The predicted octanol–water partition coefficient (Wildman–Crippen LogP) is 0.662. The van der Waals surface area contributed by atoms with Crippen molar-refractivity contribution in [2.45, 2.75) is 99.9 Å². The number of aliphatic hydroxyl groups is 2. The first-order valence-corrected chi connectivity index (χ1v) is 10.1. The van der Waals surface area contributed by atoms with E-state index in [0.717, 1.165) is 32.1 Å². The van der Waals surface area contributed by atoms with Gasteiger partial charge in [0, 0.05) is 12.8 Å². The van der Waals surface area contributed by atoms with Crippen molar-refractivity contribution < 1.29 is 38.7 Å². The van der Waals surface area contributed by atoms with Crippen molar-refractivity contribution in [2.75, 3.05) is 13.7 Å². The van der Waals surface area contributed by atoms with Crippen molar-refractivity contribution in [1.29, 1.82) is 0 Å². The van der Waals surface area contributed by atoms with Crippen LogP contribution in [0.15, 0.2) is 0 Å². The standard InChI is InChI=1S/C19H30O8/c1-23-14(22)9-11-5-6-13-16(24-11)18-17(15(25-13)12(21)10-20)26-19(27-18)7-3-2-4-8-19/h11-13,15-18,20-21H,2-10H2,1H3/t11-,12-,13+,15+,16+,17-,18?/m1/s1. The summed E-state index contributed by atoms with van der Waals surface area (Å²) in [5.74, 6) is -0.953. The van der Waals surface area contributed by atoms with E-state index in [0.29, 0.717) is 12.8 Å². The summed E-state index contributed by atoms with van der Waals surface area (Å²) in [6.07, 6.45) is 3.00. The smallest absolute Gasteiger partial charge is 0.308 e. The molecule has 3 saturated heterocycles. The Bertz CT molecular complexity index is 534. The van der Waals surface area contributed by atoms with Crippen molar-refractivity contribution in [2.24, 2.45) is 0 Å². The molecule has 0 radical (unpaired) electrons. The van der Waals surface area contributed by atoms with Gasteiger partial charge in [-0.1, -0.05) is 6.42 Å². The molecule has 1 saturated carbocycles. The normalized spacial score (nSPS) is 41.6. The first-order valence-electron chi connectivity index (χ1n) is 10.1. The van der Waals surface area contributed by atoms with E-state index >= 15 is 0 Å². The van der Waals surface area contributed by atoms with Gasteiger partial charge in [-0.05, 0) is 25.7 Å². The highest BCUT2D eigenvalue weighted by Gasteiger charge is 2.60. The van der Waals surface area contributed by atoms with Crippen LogP contribution in [-0.2, 0) is 28.5 Å². The van der Waals surface area contributed by atoms with E-state index < -0.39 is 30.7 Å². The molecule has 4 fully saturated rings. The minimum Gasteiger partial charge on any atom is -0.469 e. The maximum Gasteiger partial charge on any atom is 0.308 e. The molecule has 2 N–H and O–H groups in total. The summed E-state index contributed by atoms with van der Waals surface area (Å²) in [6, 6.07) is 0. The third kappa shape index (κ3) is 3.75. The number of esters is 1. The molecule has 8 heteroatoms. The molecule has 3 aliphatic heterocycles. The Hall–Kier alpha value is -0.770. The number of hydrogen-bond donors (Lipinski definition) is 2. The monoisotopic (exact) mass is 386 g/mol. The van der Waals surface area contributed by atoms with Gasteiger partial charge >= 0.3 is 5.97 Å². The Balaban J connectivity index is 1.54. The van der Waals surface area contributed by atoms with E-state index in [9.17, 15) is 15.0 Å². The molecule has 1 unspecified atom stereocenters. The highest BCUT2D eigenvalue weighted by atomic mass is 16.8. The second-order valence-corrected chi connectivity index (χ2v) is 8.11. The van der Waals surface area contributed by atoms with Crippen molar-refractivity contribution in [3.05, 3.63) is 0 Å². The lowest BCUT2D eigenvalue weighted by Crippen LogP contribution is -2.62. The minimum atomic E-state index is -1.03. The summed E-state index contributed by atoms with van der Waals surface area (Å²) < 4.78 is 29.8. The lowest BCUT2D eigenvalue weighted by Gasteiger charge is -2.47. The molecule has 8 nitrogen and oxygen atoms in total. The van der Waals surface area contributed by atoms with Crippen LogP contribution >= 0.6 is 0 Å². The van der Waals surface area contributed by atoms with Gasteiger partial charge in [0.25, 0.3) is 0 Å². The van der Waals surface area contributed by atoms with Gasteiger partial charge in [0.1, 0.15) is 30.5 Å². The summed E-state index contributed by atoms with van der Waals surface area (Å²) in [5.41, 5.74) is 0. The number of hydrogen-bond acceptors (Lipinski definition) is 8. The molecule has 3 heterocycles. The number of aliphatic hydroxyl groups excluding tert-OH is 2. The third-order valence-electron chi connectivity index (χ3n) is 6.30. The SMILES string of the molecule is COC(=O)C[C@H]1CC[C@@H]2O[C@@H]([C@H](O)CO)[C@H]3OC4(CCCCC4)OC3[C@H]2O1. The van der Waals surface area contributed by atoms with Crippen LogP contribution in [0.4, 0.5) is 0 Å². The van der Waals surface area contributed by atoms with E-state index in [4.69, 9.17) is 23.7 Å². The molecule has 0 aromatic carbocycles. The van der Waals surface area contributed by atoms with Crippen molar-refractivity contribution in [3.63, 3.8) is 0 Å². The van der Waals surface area contributed by atoms with E-state index in [1.165, 1.54) is 7.11 Å². The fourth-order valence-corrected chi connectivity index (χ4v) is 4.93. The zero-order valence-electron chi connectivity index (χ0n) is 15.7. The summed E-state index contributed by atoms with van der Waals surface area (Å²) in [6.45, 7) is -0.395. The Labute approximate surface area is 159 Å². The number of carbonyl (C=O) groups is 1. The summed E-state index contributed by atoms with van der Waals surface area (Å²) in [7, 11) is 1.37. The van der Waals surface area contributed by atoms with Gasteiger partial charge < -0.3 is 33.9 Å². The Kier molecular flexibility index (Phi) is 5.74. The number of fused-ring (bicyclic) bond motifs is 3. The Morgan fingerprint density at radius 3 is 2.56 bits per heavy atom. The van der Waals surface area contributed by atoms with Crippen LogP contribution in [-0.4, -0.2) is 78.4 Å². The quantitative estimate of drug-likeness (QED) is 0.680. The maximum absolute atomic E-state index is 11.6. The average Bonchev–Trinajstić information content (AvgIpc) is 3.06. The predicted molar refractivity (Wildman–Crippen MR) is 91.8 cm³/mol. The van der Waals surface area contributed by atoms with Crippen LogP contribution in [0.3, 0.4) is 0 Å². The Morgan fingerprint density at radius 2 is 1.85 bits per heavy atom. The third-order valence-corrected chi connectivity index (χ3v) is 6.30. The first kappa shape index (κ1) is 19.5. The van der Waals surface area contributed by atoms with E-state index in [1.54, 1.807) is 0 Å². The van der Waals surface area contributed by atoms with Crippen LogP contribution in [0.1, 0.15) is 51.4 Å². The van der Waals surface area contributed by atoms with Gasteiger partial charge in [-0.15, -0.1) is 0 Å². The first-order chi connectivity index (χ1) is 13.0. The summed E-state index contributed by atoms with van der Waals surface area (Å²) in [5, 5.41) is 19.8. The van der Waals surface area contributed by atoms with Gasteiger partial charge in [0.15, 0.2) is 5.79 Å². The second-order valence-electron chi connectivity index (χ2n) is 8.11. The number of methoxy groups -OCH3 is 1. The lowest BCUT2D eigenvalue weighted by atomic mass is 9.87. The average molecular weight is 386 g/mol. The van der Waals surface area contributed by atoms with E-state index in [1.807, 2.05) is 0 Å². The molecule has 4 rings (SSSR count). The molecular formula is C19H30O8. The molecule has 0 aromatic heterocycles. The van der Waals surface area contributed by atoms with Crippen LogP contribution in [0.25, 0.3) is 0 Å². The Morgan fingerprint density at radius 1 is 1.11 bits per heavy atom. The highest BCUT2D eigenvalue weighted by molar-refractivity contribution is 5.69. The van der Waals surface area contributed by atoms with Crippen molar-refractivity contribution in [1.82, 2.24) is 0 Å². The fourth-order valence-electron chi connectivity index (χ4n) is 4.93. The number of ether oxygens (including phenoxy) is 5. The molecule has 1 aliphatic carbocycles. The number of carbonyl (C=O) groups excluding carboxylic acids is 1. The molecule has 27 heavy (non-hydrogen) atoms. The molecular weight excluding hydrogens is 356 g/mol. The van der Waals surface area contributed by atoms with Crippen molar-refractivity contribution >= 4 is 5.97 Å². The van der Waals surface area contributed by atoms with Gasteiger partial charge in [-0.25, -0.2) is 0 Å². The molecule has 0 bridgehead atoms. The molecule has 154 valence electrons. The summed E-state index contributed by atoms with van der Waals surface area (Å²) >= 11 is 0. The topological polar surface area (TPSA) is 104 Å². The van der Waals surface area contributed by atoms with E-state index in [2.05, 4.69) is 0 Å². The molecule has 1 spiro atoms. The minimum absolute atomic E-state index is 0.200. The molecule has 7 atom stereocenters. The van der Waals surface area contributed by atoms with Crippen LogP contribution in [0, 0.1) is 0 Å². The summed E-state index contributed by atoms with van der Waals surface area (Å²) in [4.78, 5) is 11.6. The van der Waals surface area contributed by atoms with Gasteiger partial charge in [0.05, 0.1) is 32.3 Å². The largest absolute Gasteiger partial charge is 0.469 e. The maximum atomic E-state index is 11.6. The molecule has 4 aliphatic rings. The number of rotatable bonds is 4. The highest BCUT2D eigenvalue weighted by Crippen LogP contribution is 2.47. The van der Waals surface area contributed by atoms with E-state index in [-0.39, 0.29) is 36.8 Å². The fraction of sp³-hybridized carbons (Fsp3) is 0.947. The zero-order valence-corrected chi connectivity index (χ0v) is 15.7. The molecule has 0 aromatic rings. The van der Waals surface area contributed by atoms with Gasteiger partial charge in [-0.3, -0.25) is 4.79 Å². The molecule has 0 amide bonds. The van der Waals surface area contributed by atoms with Crippen LogP contribution in [0.5, 0.6) is 0 Å². The van der Waals surface area contributed by atoms with Crippen molar-refractivity contribution in [3.8, 4) is 0 Å². The lowest BCUT2D eigenvalue weighted by molar-refractivity contribution is -0.256. The second kappa shape index (κ2) is 7.93. The van der Waals surface area contributed by atoms with Crippen LogP contribution < -0.4 is 0 Å². The zero-order chi connectivity index (χ0) is 19.0. The van der Waals surface area contributed by atoms with Crippen LogP contribution in [0.2, 0.25) is 0 Å².